The van der Waals surface area contributed by atoms with Crippen LogP contribution in [0, 0.1) is 5.92 Å². The van der Waals surface area contributed by atoms with E-state index in [0.29, 0.717) is 30.6 Å². The molecule has 0 aromatic heterocycles. The number of likely N-dealkylation sites (tertiary alicyclic amines) is 1. The molecule has 9 nitrogen and oxygen atoms in total. The van der Waals surface area contributed by atoms with Gasteiger partial charge in [-0.15, -0.1) is 0 Å². The zero-order valence-corrected chi connectivity index (χ0v) is 15.2. The van der Waals surface area contributed by atoms with E-state index in [1.54, 1.807) is 11.0 Å². The molecule has 1 saturated carbocycles. The highest BCUT2D eigenvalue weighted by molar-refractivity contribution is 6.59. The Bertz CT molecular complexity index is 845. The van der Waals surface area contributed by atoms with Crippen molar-refractivity contribution in [1.82, 2.24) is 10.2 Å². The molecule has 0 unspecified atom stereocenters. The zero-order valence-electron chi connectivity index (χ0n) is 15.2. The third kappa shape index (κ3) is 3.56. The number of fused-ring (bicyclic) bond motifs is 2. The van der Waals surface area contributed by atoms with Crippen LogP contribution in [0.3, 0.4) is 0 Å². The van der Waals surface area contributed by atoms with Gasteiger partial charge in [0.1, 0.15) is 11.9 Å². The average molecular weight is 404 g/mol. The van der Waals surface area contributed by atoms with Crippen LogP contribution >= 0.6 is 0 Å². The Kier molecular flexibility index (Phi) is 4.75. The van der Waals surface area contributed by atoms with Crippen molar-refractivity contribution in [2.75, 3.05) is 13.1 Å². The number of hydrogen-bond donors (Lipinski definition) is 3. The Morgan fingerprint density at radius 2 is 2.03 bits per heavy atom. The van der Waals surface area contributed by atoms with Gasteiger partial charge in [-0.05, 0) is 36.8 Å². The summed E-state index contributed by atoms with van der Waals surface area (Å²) in [5.41, 5.74) is 0.234. The first-order chi connectivity index (χ1) is 13.3. The van der Waals surface area contributed by atoms with Crippen molar-refractivity contribution in [1.29, 1.82) is 0 Å². The number of aromatic carboxylic acids is 1. The lowest BCUT2D eigenvalue weighted by Gasteiger charge is -2.41. The second kappa shape index (κ2) is 6.89. The molecule has 0 radical (unpaired) electrons. The number of ether oxygens (including phenoxy) is 1. The molecule has 4 aliphatic rings. The quantitative estimate of drug-likeness (QED) is 0.539. The van der Waals surface area contributed by atoms with E-state index in [1.165, 1.54) is 6.07 Å². The second-order valence-corrected chi connectivity index (χ2v) is 8.27. The minimum atomic E-state index is -3.10. The van der Waals surface area contributed by atoms with E-state index in [9.17, 15) is 24.7 Å². The van der Waals surface area contributed by atoms with Crippen LogP contribution in [0.25, 0.3) is 0 Å². The van der Waals surface area contributed by atoms with Crippen LogP contribution in [0.1, 0.15) is 36.2 Å². The Hall–Kier alpha value is -2.30. The third-order valence-electron chi connectivity index (χ3n) is 6.13. The molecule has 1 aliphatic carbocycles. The van der Waals surface area contributed by atoms with Crippen molar-refractivity contribution in [3.63, 3.8) is 0 Å². The Morgan fingerprint density at radius 3 is 2.69 bits per heavy atom. The molecule has 1 amide bonds. The summed E-state index contributed by atoms with van der Waals surface area (Å²) in [5, 5.41) is 34.5. The van der Waals surface area contributed by atoms with Gasteiger partial charge in [-0.2, -0.15) is 0 Å². The molecule has 3 N–H and O–H groups in total. The number of hydrogen-bond acceptors (Lipinski definition) is 8. The summed E-state index contributed by atoms with van der Waals surface area (Å²) in [6.07, 6.45) is 1.99. The van der Waals surface area contributed by atoms with Crippen LogP contribution in [-0.4, -0.2) is 64.9 Å². The lowest BCUT2D eigenvalue weighted by Crippen LogP contribution is -2.60. The number of amides is 1. The molecule has 0 bridgehead atoms. The van der Waals surface area contributed by atoms with Gasteiger partial charge in [0.05, 0.1) is 36.4 Å². The van der Waals surface area contributed by atoms with Crippen molar-refractivity contribution in [2.45, 2.75) is 51.2 Å². The zero-order chi connectivity index (χ0) is 19.6. The third-order valence-corrected chi connectivity index (χ3v) is 6.13. The monoisotopic (exact) mass is 404 g/mol. The summed E-state index contributed by atoms with van der Waals surface area (Å²) >= 11 is 0. The molecule has 1 aromatic carbocycles. The Morgan fingerprint density at radius 1 is 1.28 bits per heavy atom. The lowest BCUT2D eigenvalue weighted by molar-refractivity contribution is -0.255. The SMILES string of the molecule is C.O=C([O-])c1c(OC2CN(C(=O)[C@@H]3C[C@@H]4C[C@@H]4N3)C2)ccc2c1O[B-](O)(O)CC2. The highest BCUT2D eigenvalue weighted by Gasteiger charge is 2.50. The number of carbonyl (C=O) groups is 2. The van der Waals surface area contributed by atoms with Crippen molar-refractivity contribution in [3.05, 3.63) is 23.3 Å². The van der Waals surface area contributed by atoms with Gasteiger partial charge in [-0.1, -0.05) is 19.8 Å². The van der Waals surface area contributed by atoms with E-state index in [1.807, 2.05) is 0 Å². The largest absolute Gasteiger partial charge is 0.669 e. The molecule has 10 heteroatoms. The number of aryl methyl sites for hydroxylation is 1. The summed E-state index contributed by atoms with van der Waals surface area (Å²) < 4.78 is 10.9. The molecule has 158 valence electrons. The molecular weight excluding hydrogens is 379 g/mol. The minimum Gasteiger partial charge on any atom is -0.669 e. The fraction of sp³-hybridized carbons (Fsp3) is 0.579. The van der Waals surface area contributed by atoms with E-state index < -0.39 is 12.7 Å². The van der Waals surface area contributed by atoms with E-state index in [-0.39, 0.29) is 55.3 Å². The fourth-order valence-corrected chi connectivity index (χ4v) is 4.43. The topological polar surface area (TPSA) is 131 Å². The molecule has 29 heavy (non-hydrogen) atoms. The van der Waals surface area contributed by atoms with E-state index in [2.05, 4.69) is 5.32 Å². The van der Waals surface area contributed by atoms with Gasteiger partial charge in [0.25, 0.3) is 0 Å². The van der Waals surface area contributed by atoms with Crippen LogP contribution < -0.4 is 19.8 Å². The Labute approximate surface area is 168 Å². The predicted molar refractivity (Wildman–Crippen MR) is 101 cm³/mol. The maximum atomic E-state index is 12.5. The number of carboxylic acids is 1. The van der Waals surface area contributed by atoms with Gasteiger partial charge in [0, 0.05) is 6.04 Å². The summed E-state index contributed by atoms with van der Waals surface area (Å²) in [7, 11) is 0. The first kappa shape index (κ1) is 20.0. The molecule has 0 spiro atoms. The average Bonchev–Trinajstić information content (AvgIpc) is 3.21. The number of rotatable bonds is 4. The number of benzene rings is 1. The van der Waals surface area contributed by atoms with Crippen LogP contribution in [-0.2, 0) is 11.2 Å². The molecule has 3 fully saturated rings. The van der Waals surface area contributed by atoms with Gasteiger partial charge in [-0.25, -0.2) is 0 Å². The first-order valence-corrected chi connectivity index (χ1v) is 9.69. The first-order valence-electron chi connectivity index (χ1n) is 9.69. The van der Waals surface area contributed by atoms with Crippen molar-refractivity contribution < 1.29 is 34.1 Å². The molecule has 3 heterocycles. The van der Waals surface area contributed by atoms with E-state index in [4.69, 9.17) is 9.39 Å². The normalized spacial score (nSPS) is 28.9. The second-order valence-electron chi connectivity index (χ2n) is 8.27. The molecule has 3 aliphatic heterocycles. The lowest BCUT2D eigenvalue weighted by atomic mass is 9.70. The molecule has 5 rings (SSSR count). The highest BCUT2D eigenvalue weighted by Crippen LogP contribution is 2.42. The van der Waals surface area contributed by atoms with Crippen LogP contribution in [0.5, 0.6) is 11.5 Å². The van der Waals surface area contributed by atoms with E-state index >= 15 is 0 Å². The molecular formula is C19H25BN2O7-2. The maximum absolute atomic E-state index is 12.5. The Balaban J connectivity index is 0.00000205. The summed E-state index contributed by atoms with van der Waals surface area (Å²) in [6, 6.07) is 3.55. The van der Waals surface area contributed by atoms with Gasteiger partial charge in [0.2, 0.25) is 5.91 Å². The van der Waals surface area contributed by atoms with Gasteiger partial charge >= 0.3 is 6.75 Å². The van der Waals surface area contributed by atoms with Gasteiger partial charge < -0.3 is 39.6 Å². The number of nitrogens with zero attached hydrogens (tertiary/aromatic N) is 1. The van der Waals surface area contributed by atoms with Gasteiger partial charge in [-0.3, -0.25) is 4.79 Å². The number of carbonyl (C=O) groups excluding carboxylic acids is 2. The summed E-state index contributed by atoms with van der Waals surface area (Å²) in [5.74, 6) is -0.883. The van der Waals surface area contributed by atoms with Crippen molar-refractivity contribution in [2.24, 2.45) is 5.92 Å². The van der Waals surface area contributed by atoms with Crippen LogP contribution in [0.15, 0.2) is 12.1 Å². The number of carboxylic acid groups (broad SMARTS) is 1. The van der Waals surface area contributed by atoms with Crippen molar-refractivity contribution in [3.8, 4) is 11.5 Å². The highest BCUT2D eigenvalue weighted by atomic mass is 16.6. The molecule has 3 atom stereocenters. The molecule has 1 aromatic rings. The molecule has 2 saturated heterocycles. The van der Waals surface area contributed by atoms with Crippen molar-refractivity contribution >= 4 is 18.6 Å². The number of piperidine rings is 1. The van der Waals surface area contributed by atoms with E-state index in [0.717, 1.165) is 12.8 Å². The minimum absolute atomic E-state index is 0. The maximum Gasteiger partial charge on any atom is 0.430 e. The summed E-state index contributed by atoms with van der Waals surface area (Å²) in [4.78, 5) is 25.8. The van der Waals surface area contributed by atoms with Gasteiger partial charge in [0.15, 0.2) is 0 Å². The number of nitrogens with one attached hydrogen (secondary N) is 1. The fourth-order valence-electron chi connectivity index (χ4n) is 4.43. The smallest absolute Gasteiger partial charge is 0.430 e. The van der Waals surface area contributed by atoms with Crippen LogP contribution in [0.2, 0.25) is 6.32 Å². The standard InChI is InChI=1S/C18H22BN2O7.CH4/c22-17(13-6-10-5-12(10)20-13)21-7-11(8-21)27-14-2-1-9-3-4-19(25,26)28-16(9)15(14)18(23)24;/h1-2,10-13,20,25-26H,3-8H2,(H,23,24);1H4/q-1;/p-1/t10-,12-,13-;/m0./s1. The summed E-state index contributed by atoms with van der Waals surface area (Å²) in [6.45, 7) is -2.34. The van der Waals surface area contributed by atoms with Crippen LogP contribution in [0.4, 0.5) is 0 Å². The predicted octanol–water partition coefficient (Wildman–Crippen LogP) is -1.12.